The Morgan fingerprint density at radius 3 is 2.35 bits per heavy atom. The third-order valence-electron chi connectivity index (χ3n) is 3.19. The van der Waals surface area contributed by atoms with E-state index in [1.54, 1.807) is 38.1 Å². The molecule has 2 aromatic rings. The number of hydrogen-bond donors (Lipinski definition) is 1. The van der Waals surface area contributed by atoms with E-state index in [9.17, 15) is 4.79 Å². The lowest BCUT2D eigenvalue weighted by atomic mass is 10.2. The molecule has 5 heteroatoms. The number of hydrogen-bond acceptors (Lipinski definition) is 4. The minimum absolute atomic E-state index is 0.184. The number of rotatable bonds is 6. The highest BCUT2D eigenvalue weighted by Gasteiger charge is 2.03. The van der Waals surface area contributed by atoms with Crippen LogP contribution in [0.1, 0.15) is 5.56 Å². The number of benzene rings is 2. The third kappa shape index (κ3) is 4.79. The lowest BCUT2D eigenvalue weighted by Crippen LogP contribution is -2.07. The molecule has 2 aromatic carbocycles. The zero-order chi connectivity index (χ0) is 16.7. The SMILES string of the molecule is COc1ccc(/C=C/C(=O)Nc2ccc(SC)cc2)cc1OC. The zero-order valence-corrected chi connectivity index (χ0v) is 14.1. The maximum atomic E-state index is 12.0. The standard InChI is InChI=1S/C18H19NO3S/c1-21-16-10-4-13(12-17(16)22-2)5-11-18(20)19-14-6-8-15(23-3)9-7-14/h4-12H,1-3H3,(H,19,20)/b11-5+. The molecule has 4 nitrogen and oxygen atoms in total. The van der Waals surface area contributed by atoms with Crippen molar-refractivity contribution in [2.24, 2.45) is 0 Å². The molecule has 0 aliphatic carbocycles. The molecule has 0 bridgehead atoms. The van der Waals surface area contributed by atoms with Gasteiger partial charge < -0.3 is 14.8 Å². The Morgan fingerprint density at radius 2 is 1.74 bits per heavy atom. The lowest BCUT2D eigenvalue weighted by Gasteiger charge is -2.07. The molecular weight excluding hydrogens is 310 g/mol. The molecule has 2 rings (SSSR count). The van der Waals surface area contributed by atoms with E-state index in [1.807, 2.05) is 42.7 Å². The van der Waals surface area contributed by atoms with Crippen molar-refractivity contribution in [3.63, 3.8) is 0 Å². The molecule has 0 aliphatic rings. The number of nitrogens with one attached hydrogen (secondary N) is 1. The lowest BCUT2D eigenvalue weighted by molar-refractivity contribution is -0.111. The van der Waals surface area contributed by atoms with Crippen molar-refractivity contribution in [3.8, 4) is 11.5 Å². The molecule has 1 N–H and O–H groups in total. The first kappa shape index (κ1) is 17.0. The smallest absolute Gasteiger partial charge is 0.248 e. The van der Waals surface area contributed by atoms with Crippen LogP contribution in [0.3, 0.4) is 0 Å². The van der Waals surface area contributed by atoms with Gasteiger partial charge in [0.05, 0.1) is 14.2 Å². The number of thioether (sulfide) groups is 1. The maximum absolute atomic E-state index is 12.0. The van der Waals surface area contributed by atoms with Gasteiger partial charge in [-0.15, -0.1) is 11.8 Å². The number of methoxy groups -OCH3 is 2. The average molecular weight is 329 g/mol. The molecule has 23 heavy (non-hydrogen) atoms. The third-order valence-corrected chi connectivity index (χ3v) is 3.94. The van der Waals surface area contributed by atoms with Crippen molar-refractivity contribution in [2.45, 2.75) is 4.90 Å². The summed E-state index contributed by atoms with van der Waals surface area (Å²) >= 11 is 1.66. The van der Waals surface area contributed by atoms with E-state index in [1.165, 1.54) is 6.08 Å². The average Bonchev–Trinajstić information content (AvgIpc) is 2.60. The van der Waals surface area contributed by atoms with E-state index in [-0.39, 0.29) is 5.91 Å². The zero-order valence-electron chi connectivity index (χ0n) is 13.3. The van der Waals surface area contributed by atoms with Gasteiger partial charge in [-0.25, -0.2) is 0 Å². The van der Waals surface area contributed by atoms with E-state index in [0.29, 0.717) is 11.5 Å². The molecule has 1 amide bonds. The van der Waals surface area contributed by atoms with Gasteiger partial charge in [0.15, 0.2) is 11.5 Å². The van der Waals surface area contributed by atoms with Crippen LogP contribution < -0.4 is 14.8 Å². The molecule has 0 saturated heterocycles. The summed E-state index contributed by atoms with van der Waals surface area (Å²) in [6.07, 6.45) is 5.23. The van der Waals surface area contributed by atoms with E-state index in [4.69, 9.17) is 9.47 Å². The maximum Gasteiger partial charge on any atom is 0.248 e. The van der Waals surface area contributed by atoms with Gasteiger partial charge in [0.2, 0.25) is 5.91 Å². The Bertz CT molecular complexity index is 696. The highest BCUT2D eigenvalue weighted by molar-refractivity contribution is 7.98. The summed E-state index contributed by atoms with van der Waals surface area (Å²) < 4.78 is 10.4. The Labute approximate surface area is 140 Å². The molecule has 120 valence electrons. The second-order valence-electron chi connectivity index (χ2n) is 4.67. The van der Waals surface area contributed by atoms with E-state index >= 15 is 0 Å². The topological polar surface area (TPSA) is 47.6 Å². The number of ether oxygens (including phenoxy) is 2. The van der Waals surface area contributed by atoms with Crippen LogP contribution in [-0.4, -0.2) is 26.4 Å². The van der Waals surface area contributed by atoms with E-state index in [2.05, 4.69) is 5.32 Å². The van der Waals surface area contributed by atoms with Crippen LogP contribution in [0.4, 0.5) is 5.69 Å². The van der Waals surface area contributed by atoms with E-state index in [0.717, 1.165) is 16.1 Å². The largest absolute Gasteiger partial charge is 0.493 e. The van der Waals surface area contributed by atoms with Crippen LogP contribution in [0.25, 0.3) is 6.08 Å². The van der Waals surface area contributed by atoms with Crippen molar-refractivity contribution in [1.82, 2.24) is 0 Å². The molecule has 0 heterocycles. The van der Waals surface area contributed by atoms with Crippen LogP contribution in [0.2, 0.25) is 0 Å². The Hall–Kier alpha value is -2.40. The van der Waals surface area contributed by atoms with Crippen molar-refractivity contribution in [3.05, 3.63) is 54.1 Å². The molecule has 0 aromatic heterocycles. The quantitative estimate of drug-likeness (QED) is 0.641. The highest BCUT2D eigenvalue weighted by atomic mass is 32.2. The van der Waals surface area contributed by atoms with Gasteiger partial charge >= 0.3 is 0 Å². The van der Waals surface area contributed by atoms with Crippen LogP contribution in [0.5, 0.6) is 11.5 Å². The van der Waals surface area contributed by atoms with Gasteiger partial charge in [0.1, 0.15) is 0 Å². The van der Waals surface area contributed by atoms with Gasteiger partial charge in [0.25, 0.3) is 0 Å². The second kappa shape index (κ2) is 8.29. The molecule has 0 spiro atoms. The molecule has 0 fully saturated rings. The van der Waals surface area contributed by atoms with Gasteiger partial charge in [-0.05, 0) is 54.3 Å². The molecule has 0 radical (unpaired) electrons. The van der Waals surface area contributed by atoms with Crippen molar-refractivity contribution in [1.29, 1.82) is 0 Å². The van der Waals surface area contributed by atoms with E-state index < -0.39 is 0 Å². The second-order valence-corrected chi connectivity index (χ2v) is 5.55. The fourth-order valence-corrected chi connectivity index (χ4v) is 2.39. The Balaban J connectivity index is 2.02. The number of carbonyl (C=O) groups excluding carboxylic acids is 1. The molecule has 0 atom stereocenters. The van der Waals surface area contributed by atoms with Crippen LogP contribution in [-0.2, 0) is 4.79 Å². The Morgan fingerprint density at radius 1 is 1.04 bits per heavy atom. The molecular formula is C18H19NO3S. The van der Waals surface area contributed by atoms with Gasteiger partial charge in [-0.3, -0.25) is 4.79 Å². The summed E-state index contributed by atoms with van der Waals surface area (Å²) in [7, 11) is 3.17. The van der Waals surface area contributed by atoms with Crippen LogP contribution >= 0.6 is 11.8 Å². The number of carbonyl (C=O) groups is 1. The monoisotopic (exact) mass is 329 g/mol. The summed E-state index contributed by atoms with van der Waals surface area (Å²) in [6, 6.07) is 13.2. The van der Waals surface area contributed by atoms with Gasteiger partial charge in [-0.2, -0.15) is 0 Å². The molecule has 0 unspecified atom stereocenters. The van der Waals surface area contributed by atoms with Crippen LogP contribution in [0, 0.1) is 0 Å². The molecule has 0 saturated carbocycles. The Kier molecular flexibility index (Phi) is 6.11. The summed E-state index contributed by atoms with van der Waals surface area (Å²) in [5.41, 5.74) is 1.63. The number of amides is 1. The molecule has 0 aliphatic heterocycles. The summed E-state index contributed by atoms with van der Waals surface area (Å²) in [6.45, 7) is 0. The van der Waals surface area contributed by atoms with Gasteiger partial charge in [0, 0.05) is 16.7 Å². The van der Waals surface area contributed by atoms with Crippen molar-refractivity contribution >= 4 is 29.4 Å². The summed E-state index contributed by atoms with van der Waals surface area (Å²) in [4.78, 5) is 13.1. The van der Waals surface area contributed by atoms with Gasteiger partial charge in [-0.1, -0.05) is 6.07 Å². The predicted molar refractivity (Wildman–Crippen MR) is 95.4 cm³/mol. The first-order chi connectivity index (χ1) is 11.2. The minimum Gasteiger partial charge on any atom is -0.493 e. The van der Waals surface area contributed by atoms with Crippen molar-refractivity contribution < 1.29 is 14.3 Å². The fraction of sp³-hybridized carbons (Fsp3) is 0.167. The summed E-state index contributed by atoms with van der Waals surface area (Å²) in [5, 5.41) is 2.82. The number of anilines is 1. The highest BCUT2D eigenvalue weighted by Crippen LogP contribution is 2.28. The predicted octanol–water partition coefficient (Wildman–Crippen LogP) is 4.08. The minimum atomic E-state index is -0.184. The fourth-order valence-electron chi connectivity index (χ4n) is 1.99. The van der Waals surface area contributed by atoms with Crippen LogP contribution in [0.15, 0.2) is 53.4 Å². The van der Waals surface area contributed by atoms with Crippen molar-refractivity contribution in [2.75, 3.05) is 25.8 Å². The first-order valence-electron chi connectivity index (χ1n) is 7.01. The first-order valence-corrected chi connectivity index (χ1v) is 8.24. The normalized spacial score (nSPS) is 10.6. The summed E-state index contributed by atoms with van der Waals surface area (Å²) in [5.74, 6) is 1.10.